The lowest BCUT2D eigenvalue weighted by molar-refractivity contribution is -0.103. The van der Waals surface area contributed by atoms with E-state index in [0.29, 0.717) is 0 Å². The molecule has 2 nitrogen and oxygen atoms in total. The van der Waals surface area contributed by atoms with Gasteiger partial charge in [-0.1, -0.05) is 25.0 Å². The highest BCUT2D eigenvalue weighted by Crippen LogP contribution is 2.50. The third-order valence-electron chi connectivity index (χ3n) is 6.54. The molecule has 2 fully saturated rings. The largest absolute Gasteiger partial charge is 0.375 e. The lowest BCUT2D eigenvalue weighted by Crippen LogP contribution is -2.47. The van der Waals surface area contributed by atoms with Crippen molar-refractivity contribution in [3.63, 3.8) is 0 Å². The van der Waals surface area contributed by atoms with Crippen molar-refractivity contribution < 1.29 is 9.13 Å². The molecule has 1 N–H and O–H groups in total. The molecule has 1 spiro atoms. The second kappa shape index (κ2) is 8.86. The van der Waals surface area contributed by atoms with Gasteiger partial charge in [0.15, 0.2) is 0 Å². The molecule has 2 aliphatic rings. The monoisotopic (exact) mass is 419 g/mol. The topological polar surface area (TPSA) is 21.3 Å². The number of nitrogens with one attached hydrogen (secondary N) is 1. The van der Waals surface area contributed by atoms with E-state index in [1.165, 1.54) is 40.3 Å². The van der Waals surface area contributed by atoms with E-state index in [1.54, 1.807) is 23.9 Å². The molecule has 1 atom stereocenters. The molecule has 2 aromatic rings. The fraction of sp³-hybridized carbons (Fsp3) is 0.565. The van der Waals surface area contributed by atoms with E-state index in [4.69, 9.17) is 4.74 Å². The third-order valence-corrected chi connectivity index (χ3v) is 8.71. The van der Waals surface area contributed by atoms with Gasteiger partial charge in [-0.3, -0.25) is 0 Å². The van der Waals surface area contributed by atoms with Crippen LogP contribution >= 0.6 is 23.1 Å². The average molecular weight is 420 g/mol. The van der Waals surface area contributed by atoms with Crippen LogP contribution in [0.3, 0.4) is 0 Å². The number of thioether (sulfide) groups is 1. The third kappa shape index (κ3) is 4.48. The van der Waals surface area contributed by atoms with Crippen molar-refractivity contribution in [1.29, 1.82) is 0 Å². The van der Waals surface area contributed by atoms with Crippen LogP contribution in [0.15, 0.2) is 40.6 Å². The highest BCUT2D eigenvalue weighted by molar-refractivity contribution is 8.00. The zero-order valence-electron chi connectivity index (χ0n) is 16.6. The minimum absolute atomic E-state index is 0.0492. The Kier molecular flexibility index (Phi) is 6.46. The van der Waals surface area contributed by atoms with Crippen molar-refractivity contribution in [2.75, 3.05) is 19.4 Å². The average Bonchev–Trinajstić information content (AvgIpc) is 3.35. The molecule has 0 amide bonds. The molecule has 5 heteroatoms. The minimum atomic E-state index is -0.151. The molecule has 1 aliphatic carbocycles. The summed E-state index contributed by atoms with van der Waals surface area (Å²) in [5, 5.41) is 3.66. The van der Waals surface area contributed by atoms with Crippen molar-refractivity contribution in [1.82, 2.24) is 5.32 Å². The van der Waals surface area contributed by atoms with Gasteiger partial charge in [0.2, 0.25) is 0 Å². The van der Waals surface area contributed by atoms with Gasteiger partial charge < -0.3 is 10.1 Å². The fourth-order valence-electron chi connectivity index (χ4n) is 5.07. The molecule has 152 valence electrons. The zero-order chi connectivity index (χ0) is 19.5. The Bertz CT molecular complexity index is 769. The van der Waals surface area contributed by atoms with E-state index in [1.807, 2.05) is 23.5 Å². The molecule has 0 bridgehead atoms. The van der Waals surface area contributed by atoms with Gasteiger partial charge in [0.25, 0.3) is 0 Å². The van der Waals surface area contributed by atoms with Crippen LogP contribution in [-0.4, -0.2) is 25.0 Å². The highest BCUT2D eigenvalue weighted by atomic mass is 32.2. The lowest BCUT2D eigenvalue weighted by Gasteiger charge is -2.47. The smallest absolute Gasteiger partial charge is 0.123 e. The van der Waals surface area contributed by atoms with E-state index < -0.39 is 0 Å². The van der Waals surface area contributed by atoms with E-state index in [0.717, 1.165) is 39.0 Å². The van der Waals surface area contributed by atoms with Crippen molar-refractivity contribution in [2.45, 2.75) is 66.7 Å². The van der Waals surface area contributed by atoms with Crippen molar-refractivity contribution in [2.24, 2.45) is 0 Å². The summed E-state index contributed by atoms with van der Waals surface area (Å²) in [6.45, 7) is 2.71. The Balaban J connectivity index is 1.46. The predicted molar refractivity (Wildman–Crippen MR) is 117 cm³/mol. The van der Waals surface area contributed by atoms with Crippen LogP contribution in [0.1, 0.15) is 55.4 Å². The second-order valence-corrected chi connectivity index (χ2v) is 10.6. The summed E-state index contributed by atoms with van der Waals surface area (Å²) in [5.41, 5.74) is 1.42. The van der Waals surface area contributed by atoms with E-state index in [2.05, 4.69) is 23.7 Å². The number of thiophene rings is 1. The predicted octanol–water partition coefficient (Wildman–Crippen LogP) is 6.15. The van der Waals surface area contributed by atoms with Crippen LogP contribution in [0, 0.1) is 5.82 Å². The minimum Gasteiger partial charge on any atom is -0.375 e. The number of ether oxygens (including phenoxy) is 1. The van der Waals surface area contributed by atoms with Crippen molar-refractivity contribution in [3.8, 4) is 0 Å². The van der Waals surface area contributed by atoms with Crippen LogP contribution < -0.4 is 5.32 Å². The van der Waals surface area contributed by atoms with Crippen LogP contribution in [0.4, 0.5) is 4.39 Å². The molecule has 2 heterocycles. The van der Waals surface area contributed by atoms with Gasteiger partial charge >= 0.3 is 0 Å². The Morgan fingerprint density at radius 3 is 2.61 bits per heavy atom. The summed E-state index contributed by atoms with van der Waals surface area (Å²) in [6.07, 6.45) is 10.2. The summed E-state index contributed by atoms with van der Waals surface area (Å²) < 4.78 is 21.3. The maximum atomic E-state index is 13.6. The van der Waals surface area contributed by atoms with Gasteiger partial charge in [-0.2, -0.15) is 0 Å². The molecular formula is C23H30FNOS2. The second-order valence-electron chi connectivity index (χ2n) is 8.30. The normalized spacial score (nSPS) is 24.1. The standard InChI is InChI=1S/C23H30FNOS2/c1-27-21-9-8-20(28-21)16-25-14-12-22(18-4-6-19(24)7-5-18)13-15-26-23(17-22)10-2-3-11-23/h4-9,25H,2-3,10-17H2,1H3/t22-/m1/s1. The first-order valence-corrected chi connectivity index (χ1v) is 12.4. The Labute approximate surface area is 176 Å². The van der Waals surface area contributed by atoms with Crippen LogP contribution in [0.25, 0.3) is 0 Å². The van der Waals surface area contributed by atoms with Crippen LogP contribution in [0.5, 0.6) is 0 Å². The Hall–Kier alpha value is -0.880. The lowest BCUT2D eigenvalue weighted by atomic mass is 9.66. The van der Waals surface area contributed by atoms with Crippen molar-refractivity contribution in [3.05, 3.63) is 52.7 Å². The van der Waals surface area contributed by atoms with E-state index in [9.17, 15) is 4.39 Å². The maximum absolute atomic E-state index is 13.6. The summed E-state index contributed by atoms with van der Waals surface area (Å²) in [5.74, 6) is -0.151. The SMILES string of the molecule is CSc1ccc(CNCC[C@@]2(c3ccc(F)cc3)CCOC3(CCCC3)C2)s1. The van der Waals surface area contributed by atoms with Gasteiger partial charge in [-0.05, 0) is 74.7 Å². The number of hydrogen-bond donors (Lipinski definition) is 1. The number of hydrogen-bond acceptors (Lipinski definition) is 4. The summed E-state index contributed by atoms with van der Waals surface area (Å²) >= 11 is 3.68. The Morgan fingerprint density at radius 2 is 1.89 bits per heavy atom. The van der Waals surface area contributed by atoms with Gasteiger partial charge in [0, 0.05) is 23.4 Å². The number of rotatable bonds is 7. The quantitative estimate of drug-likeness (QED) is 0.430. The van der Waals surface area contributed by atoms with Crippen LogP contribution in [0.2, 0.25) is 0 Å². The van der Waals surface area contributed by atoms with Gasteiger partial charge in [-0.25, -0.2) is 4.39 Å². The number of benzene rings is 1. The molecule has 1 aromatic heterocycles. The molecule has 0 unspecified atom stereocenters. The van der Waals surface area contributed by atoms with E-state index in [-0.39, 0.29) is 16.8 Å². The first kappa shape index (κ1) is 20.4. The summed E-state index contributed by atoms with van der Waals surface area (Å²) in [7, 11) is 0. The molecule has 28 heavy (non-hydrogen) atoms. The summed E-state index contributed by atoms with van der Waals surface area (Å²) in [6, 6.07) is 11.7. The molecule has 4 rings (SSSR count). The maximum Gasteiger partial charge on any atom is 0.123 e. The molecule has 1 aromatic carbocycles. The first-order valence-electron chi connectivity index (χ1n) is 10.4. The van der Waals surface area contributed by atoms with Gasteiger partial charge in [0.1, 0.15) is 5.82 Å². The molecule has 1 saturated carbocycles. The fourth-order valence-corrected chi connectivity index (χ4v) is 6.63. The molecule has 0 radical (unpaired) electrons. The summed E-state index contributed by atoms with van der Waals surface area (Å²) in [4.78, 5) is 1.39. The van der Waals surface area contributed by atoms with Gasteiger partial charge in [0.05, 0.1) is 9.81 Å². The van der Waals surface area contributed by atoms with Crippen LogP contribution in [-0.2, 0) is 16.7 Å². The highest BCUT2D eigenvalue weighted by Gasteiger charge is 2.47. The van der Waals surface area contributed by atoms with E-state index >= 15 is 0 Å². The van der Waals surface area contributed by atoms with Crippen molar-refractivity contribution >= 4 is 23.1 Å². The van der Waals surface area contributed by atoms with Gasteiger partial charge in [-0.15, -0.1) is 23.1 Å². The molecule has 1 aliphatic heterocycles. The molecule has 1 saturated heterocycles. The molecular weight excluding hydrogens is 389 g/mol. The zero-order valence-corrected chi connectivity index (χ0v) is 18.3. The Morgan fingerprint density at radius 1 is 1.11 bits per heavy atom. The first-order chi connectivity index (χ1) is 13.6. The number of halogens is 1.